The van der Waals surface area contributed by atoms with Crippen molar-refractivity contribution in [3.8, 4) is 0 Å². The lowest BCUT2D eigenvalue weighted by Crippen LogP contribution is -2.48. The van der Waals surface area contributed by atoms with Crippen molar-refractivity contribution in [2.24, 2.45) is 11.8 Å². The van der Waals surface area contributed by atoms with E-state index in [0.29, 0.717) is 23.4 Å². The molecule has 7 heteroatoms. The molecule has 3 atom stereocenters. The van der Waals surface area contributed by atoms with E-state index in [2.05, 4.69) is 5.32 Å². The van der Waals surface area contributed by atoms with Crippen LogP contribution in [0.5, 0.6) is 0 Å². The summed E-state index contributed by atoms with van der Waals surface area (Å²) in [4.78, 5) is 38.7. The second-order valence-corrected chi connectivity index (χ2v) is 7.04. The molecule has 0 aromatic heterocycles. The molecule has 142 valence electrons. The van der Waals surface area contributed by atoms with Gasteiger partial charge >= 0.3 is 0 Å². The van der Waals surface area contributed by atoms with Crippen LogP contribution in [-0.2, 0) is 9.59 Å². The Morgan fingerprint density at radius 3 is 2.64 bits per heavy atom. The van der Waals surface area contributed by atoms with Crippen LogP contribution in [0.3, 0.4) is 0 Å². The van der Waals surface area contributed by atoms with E-state index in [4.69, 9.17) is 0 Å². The molecule has 1 N–H and O–H groups in total. The Balaban J connectivity index is 1.75. The first-order valence-corrected chi connectivity index (χ1v) is 9.06. The Bertz CT molecular complexity index is 986. The van der Waals surface area contributed by atoms with Crippen molar-refractivity contribution in [1.29, 1.82) is 0 Å². The number of carbonyl (C=O) groups is 2. The van der Waals surface area contributed by atoms with E-state index in [1.807, 2.05) is 30.4 Å². The number of hydrogen-bond donors (Lipinski definition) is 1. The molecule has 7 nitrogen and oxygen atoms in total. The molecule has 1 aliphatic heterocycles. The zero-order chi connectivity index (χ0) is 19.8. The molecular formula is C21H19N3O4. The molecule has 1 aliphatic carbocycles. The molecule has 2 aliphatic rings. The van der Waals surface area contributed by atoms with E-state index in [1.165, 1.54) is 11.0 Å². The molecule has 4 rings (SSSR count). The molecule has 28 heavy (non-hydrogen) atoms. The molecule has 2 aromatic carbocycles. The minimum absolute atomic E-state index is 0.0272. The summed E-state index contributed by atoms with van der Waals surface area (Å²) < 4.78 is 0. The van der Waals surface area contributed by atoms with E-state index >= 15 is 0 Å². The van der Waals surface area contributed by atoms with Crippen molar-refractivity contribution in [2.75, 3.05) is 17.3 Å². The molecule has 0 saturated heterocycles. The number of anilines is 2. The van der Waals surface area contributed by atoms with Gasteiger partial charge in [-0.05, 0) is 24.6 Å². The maximum Gasteiger partial charge on any atom is 0.275 e. The minimum atomic E-state index is -0.674. The molecular weight excluding hydrogens is 358 g/mol. The summed E-state index contributed by atoms with van der Waals surface area (Å²) in [6, 6.07) is 13.8. The maximum atomic E-state index is 13.1. The van der Waals surface area contributed by atoms with Crippen molar-refractivity contribution in [2.45, 2.75) is 12.3 Å². The van der Waals surface area contributed by atoms with Crippen LogP contribution in [-0.4, -0.2) is 23.8 Å². The lowest BCUT2D eigenvalue weighted by molar-refractivity contribution is -0.385. The number of nitrogens with zero attached hydrogens (tertiary/aromatic N) is 2. The second-order valence-electron chi connectivity index (χ2n) is 7.04. The fourth-order valence-corrected chi connectivity index (χ4v) is 4.19. The van der Waals surface area contributed by atoms with Gasteiger partial charge in [0.1, 0.15) is 0 Å². The van der Waals surface area contributed by atoms with Gasteiger partial charge in [0.05, 0.1) is 28.0 Å². The van der Waals surface area contributed by atoms with Crippen molar-refractivity contribution in [3.05, 3.63) is 76.4 Å². The lowest BCUT2D eigenvalue weighted by atomic mass is 9.69. The molecule has 0 radical (unpaired) electrons. The van der Waals surface area contributed by atoms with Crippen LogP contribution in [0, 0.1) is 22.0 Å². The van der Waals surface area contributed by atoms with Gasteiger partial charge in [0.2, 0.25) is 11.8 Å². The summed E-state index contributed by atoms with van der Waals surface area (Å²) in [6.07, 6.45) is 4.08. The first-order chi connectivity index (χ1) is 13.5. The number of amides is 2. The summed E-state index contributed by atoms with van der Waals surface area (Å²) in [5.74, 6) is -2.23. The van der Waals surface area contributed by atoms with Gasteiger partial charge in [0.25, 0.3) is 5.69 Å². The largest absolute Gasteiger partial charge is 0.326 e. The molecule has 0 saturated carbocycles. The molecule has 2 aromatic rings. The summed E-state index contributed by atoms with van der Waals surface area (Å²) in [5, 5.41) is 14.5. The third-order valence-corrected chi connectivity index (χ3v) is 5.50. The number of nitro groups is 1. The molecule has 0 bridgehead atoms. The van der Waals surface area contributed by atoms with Gasteiger partial charge in [-0.1, -0.05) is 36.4 Å². The third kappa shape index (κ3) is 2.85. The number of hydrogen-bond acceptors (Lipinski definition) is 4. The average molecular weight is 377 g/mol. The predicted molar refractivity (Wildman–Crippen MR) is 105 cm³/mol. The topological polar surface area (TPSA) is 92.6 Å². The monoisotopic (exact) mass is 377 g/mol. The Hall–Kier alpha value is -3.48. The SMILES string of the molecule is CN1C(=O)C2C(C(=O)Nc3ccccc3)CC=CC2c2c1cccc2[N+](=O)[O-]. The maximum absolute atomic E-state index is 13.1. The van der Waals surface area contributed by atoms with Crippen LogP contribution >= 0.6 is 0 Å². The number of allylic oxidation sites excluding steroid dienone is 2. The van der Waals surface area contributed by atoms with Crippen molar-refractivity contribution < 1.29 is 14.5 Å². The number of nitrogens with one attached hydrogen (secondary N) is 1. The number of fused-ring (bicyclic) bond motifs is 3. The Morgan fingerprint density at radius 2 is 1.93 bits per heavy atom. The van der Waals surface area contributed by atoms with Crippen LogP contribution in [0.4, 0.5) is 17.1 Å². The Kier molecular flexibility index (Phi) is 4.43. The summed E-state index contributed by atoms with van der Waals surface area (Å²) in [7, 11) is 1.60. The average Bonchev–Trinajstić information content (AvgIpc) is 2.71. The highest BCUT2D eigenvalue weighted by atomic mass is 16.6. The van der Waals surface area contributed by atoms with Gasteiger partial charge in [-0.25, -0.2) is 0 Å². The molecule has 2 amide bonds. The zero-order valence-electron chi connectivity index (χ0n) is 15.2. The van der Waals surface area contributed by atoms with E-state index < -0.39 is 22.7 Å². The first-order valence-electron chi connectivity index (χ1n) is 9.06. The van der Waals surface area contributed by atoms with Crippen LogP contribution in [0.25, 0.3) is 0 Å². The minimum Gasteiger partial charge on any atom is -0.326 e. The highest BCUT2D eigenvalue weighted by Gasteiger charge is 2.48. The first kappa shape index (κ1) is 17.9. The van der Waals surface area contributed by atoms with Gasteiger partial charge in [-0.2, -0.15) is 0 Å². The van der Waals surface area contributed by atoms with E-state index in [1.54, 1.807) is 31.3 Å². The normalized spacial score (nSPS) is 23.0. The summed E-state index contributed by atoms with van der Waals surface area (Å²) in [5.41, 5.74) is 1.64. The van der Waals surface area contributed by atoms with Gasteiger partial charge in [0.15, 0.2) is 0 Å². The standard InChI is InChI=1S/C21H19N3O4/c1-23-16-11-6-12-17(24(27)28)19(16)14-9-5-10-15(18(14)21(23)26)20(25)22-13-7-3-2-4-8-13/h2-9,11-12,14-15,18H,10H2,1H3,(H,22,25). The predicted octanol–water partition coefficient (Wildman–Crippen LogP) is 3.49. The second kappa shape index (κ2) is 6.92. The molecule has 1 heterocycles. The van der Waals surface area contributed by atoms with E-state index in [0.717, 1.165) is 0 Å². The number of carbonyl (C=O) groups excluding carboxylic acids is 2. The third-order valence-electron chi connectivity index (χ3n) is 5.50. The Morgan fingerprint density at radius 1 is 1.18 bits per heavy atom. The highest BCUT2D eigenvalue weighted by Crippen LogP contribution is 2.49. The molecule has 3 unspecified atom stereocenters. The van der Waals surface area contributed by atoms with Crippen LogP contribution in [0.15, 0.2) is 60.7 Å². The highest BCUT2D eigenvalue weighted by molar-refractivity contribution is 6.04. The number of nitro benzene ring substituents is 1. The molecule has 0 spiro atoms. The van der Waals surface area contributed by atoms with E-state index in [9.17, 15) is 19.7 Å². The quantitative estimate of drug-likeness (QED) is 0.503. The number of benzene rings is 2. The van der Waals surface area contributed by atoms with Crippen molar-refractivity contribution >= 4 is 28.9 Å². The van der Waals surface area contributed by atoms with E-state index in [-0.39, 0.29) is 17.5 Å². The lowest BCUT2D eigenvalue weighted by Gasteiger charge is -2.41. The fraction of sp³-hybridized carbons (Fsp3) is 0.238. The van der Waals surface area contributed by atoms with Crippen molar-refractivity contribution in [3.63, 3.8) is 0 Å². The number of para-hydroxylation sites is 1. The van der Waals surface area contributed by atoms with Crippen LogP contribution < -0.4 is 10.2 Å². The van der Waals surface area contributed by atoms with Gasteiger partial charge in [-0.3, -0.25) is 19.7 Å². The zero-order valence-corrected chi connectivity index (χ0v) is 15.2. The van der Waals surface area contributed by atoms with Gasteiger partial charge in [-0.15, -0.1) is 0 Å². The van der Waals surface area contributed by atoms with Crippen molar-refractivity contribution in [1.82, 2.24) is 0 Å². The summed E-state index contributed by atoms with van der Waals surface area (Å²) >= 11 is 0. The smallest absolute Gasteiger partial charge is 0.275 e. The van der Waals surface area contributed by atoms with Gasteiger partial charge in [0, 0.05) is 24.7 Å². The molecule has 0 fully saturated rings. The van der Waals surface area contributed by atoms with Gasteiger partial charge < -0.3 is 10.2 Å². The van der Waals surface area contributed by atoms with Crippen LogP contribution in [0.2, 0.25) is 0 Å². The number of rotatable bonds is 3. The fourth-order valence-electron chi connectivity index (χ4n) is 4.19. The van der Waals surface area contributed by atoms with Crippen LogP contribution in [0.1, 0.15) is 17.9 Å². The Labute approximate surface area is 161 Å². The summed E-state index contributed by atoms with van der Waals surface area (Å²) in [6.45, 7) is 0.